The number of aryl methyl sites for hydroxylation is 1. The van der Waals surface area contributed by atoms with Crippen LogP contribution < -0.4 is 5.32 Å². The normalized spacial score (nSPS) is 19.7. The highest BCUT2D eigenvalue weighted by atomic mass is 16.2. The summed E-state index contributed by atoms with van der Waals surface area (Å²) < 4.78 is 3.65. The van der Waals surface area contributed by atoms with Gasteiger partial charge in [0.15, 0.2) is 0 Å². The minimum absolute atomic E-state index is 0.0286. The zero-order chi connectivity index (χ0) is 13.2. The van der Waals surface area contributed by atoms with Gasteiger partial charge in [0.2, 0.25) is 5.91 Å². The Kier molecular flexibility index (Phi) is 3.02. The van der Waals surface area contributed by atoms with Gasteiger partial charge in [-0.15, -0.1) is 0 Å². The molecule has 0 aliphatic carbocycles. The molecule has 2 atom stereocenters. The first kappa shape index (κ1) is 11.9. The molecular formula is C12H16N6O. The molecule has 7 heteroatoms. The Balaban J connectivity index is 1.62. The Hall–Kier alpha value is -2.18. The van der Waals surface area contributed by atoms with E-state index in [2.05, 4.69) is 25.0 Å². The predicted molar refractivity (Wildman–Crippen MR) is 67.2 cm³/mol. The van der Waals surface area contributed by atoms with Crippen molar-refractivity contribution in [1.29, 1.82) is 0 Å². The fourth-order valence-corrected chi connectivity index (χ4v) is 2.34. The molecule has 7 nitrogen and oxygen atoms in total. The van der Waals surface area contributed by atoms with E-state index in [4.69, 9.17) is 0 Å². The lowest BCUT2D eigenvalue weighted by Gasteiger charge is -2.26. The quantitative estimate of drug-likeness (QED) is 0.853. The minimum atomic E-state index is -0.341. The molecule has 2 aromatic rings. The zero-order valence-corrected chi connectivity index (χ0v) is 10.7. The van der Waals surface area contributed by atoms with Crippen LogP contribution in [-0.4, -0.2) is 36.3 Å². The van der Waals surface area contributed by atoms with Crippen LogP contribution in [0.4, 0.5) is 0 Å². The summed E-state index contributed by atoms with van der Waals surface area (Å²) in [6.07, 6.45) is 8.57. The first-order valence-corrected chi connectivity index (χ1v) is 6.38. The number of aromatic nitrogens is 5. The van der Waals surface area contributed by atoms with Gasteiger partial charge in [-0.3, -0.25) is 4.79 Å². The third-order valence-corrected chi connectivity index (χ3v) is 3.49. The highest BCUT2D eigenvalue weighted by Crippen LogP contribution is 2.14. The molecule has 0 radical (unpaired) electrons. The second-order valence-corrected chi connectivity index (χ2v) is 4.79. The number of rotatable bonds is 3. The molecule has 19 heavy (non-hydrogen) atoms. The van der Waals surface area contributed by atoms with E-state index in [-0.39, 0.29) is 18.0 Å². The molecule has 1 amide bonds. The van der Waals surface area contributed by atoms with Crippen LogP contribution in [0, 0.1) is 0 Å². The molecule has 0 fully saturated rings. The number of nitrogens with zero attached hydrogens (tertiary/aromatic N) is 5. The SMILES string of the molecule is C[C@@H](C(=O)N[C@@H]1CCc2nccn2C1)n1cncn1. The fraction of sp³-hybridized carbons (Fsp3) is 0.500. The van der Waals surface area contributed by atoms with E-state index in [0.717, 1.165) is 25.2 Å². The molecule has 0 aromatic carbocycles. The molecule has 1 aliphatic rings. The van der Waals surface area contributed by atoms with Gasteiger partial charge in [0.25, 0.3) is 0 Å². The molecule has 0 saturated heterocycles. The average Bonchev–Trinajstić information content (AvgIpc) is 3.08. The Labute approximate surface area is 110 Å². The van der Waals surface area contributed by atoms with Gasteiger partial charge in [0, 0.05) is 31.4 Å². The number of carbonyl (C=O) groups is 1. The maximum atomic E-state index is 12.1. The van der Waals surface area contributed by atoms with E-state index in [0.29, 0.717) is 0 Å². The summed E-state index contributed by atoms with van der Waals surface area (Å²) in [4.78, 5) is 20.3. The maximum Gasteiger partial charge on any atom is 0.244 e. The molecule has 0 bridgehead atoms. The van der Waals surface area contributed by atoms with Crippen molar-refractivity contribution in [3.8, 4) is 0 Å². The van der Waals surface area contributed by atoms with Crippen molar-refractivity contribution in [3.05, 3.63) is 30.9 Å². The van der Waals surface area contributed by atoms with Gasteiger partial charge in [-0.25, -0.2) is 14.6 Å². The zero-order valence-electron chi connectivity index (χ0n) is 10.7. The van der Waals surface area contributed by atoms with Gasteiger partial charge in [0.1, 0.15) is 24.5 Å². The van der Waals surface area contributed by atoms with Gasteiger partial charge in [0.05, 0.1) is 0 Å². The Bertz CT molecular complexity index is 561. The predicted octanol–water partition coefficient (Wildman–Crippen LogP) is 0.167. The maximum absolute atomic E-state index is 12.1. The number of nitrogens with one attached hydrogen (secondary N) is 1. The molecule has 3 heterocycles. The van der Waals surface area contributed by atoms with Crippen LogP contribution in [0.1, 0.15) is 25.2 Å². The lowest BCUT2D eigenvalue weighted by molar-refractivity contribution is -0.125. The summed E-state index contributed by atoms with van der Waals surface area (Å²) in [6, 6.07) is -0.188. The van der Waals surface area contributed by atoms with Gasteiger partial charge >= 0.3 is 0 Å². The van der Waals surface area contributed by atoms with Crippen molar-refractivity contribution in [2.75, 3.05) is 0 Å². The Morgan fingerprint density at radius 2 is 2.47 bits per heavy atom. The number of amides is 1. The standard InChI is InChI=1S/C12H16N6O/c1-9(18-8-13-7-15-18)12(19)16-10-2-3-11-14-4-5-17(11)6-10/h4-5,7-10H,2-3,6H2,1H3,(H,16,19)/t9-,10+/m0/s1. The van der Waals surface area contributed by atoms with Crippen LogP contribution in [0.2, 0.25) is 0 Å². The summed E-state index contributed by atoms with van der Waals surface area (Å²) in [5.41, 5.74) is 0. The third kappa shape index (κ3) is 2.35. The largest absolute Gasteiger partial charge is 0.350 e. The molecule has 0 saturated carbocycles. The summed E-state index contributed by atoms with van der Waals surface area (Å²) >= 11 is 0. The highest BCUT2D eigenvalue weighted by Gasteiger charge is 2.23. The lowest BCUT2D eigenvalue weighted by Crippen LogP contribution is -2.43. The third-order valence-electron chi connectivity index (χ3n) is 3.49. The number of fused-ring (bicyclic) bond motifs is 1. The van der Waals surface area contributed by atoms with Crippen molar-refractivity contribution >= 4 is 5.91 Å². The number of carbonyl (C=O) groups excluding carboxylic acids is 1. The van der Waals surface area contributed by atoms with Gasteiger partial charge in [-0.1, -0.05) is 0 Å². The molecular weight excluding hydrogens is 244 g/mol. The molecule has 0 spiro atoms. The van der Waals surface area contributed by atoms with E-state index < -0.39 is 0 Å². The van der Waals surface area contributed by atoms with Crippen LogP contribution in [-0.2, 0) is 17.8 Å². The number of hydrogen-bond acceptors (Lipinski definition) is 4. The summed E-state index contributed by atoms with van der Waals surface area (Å²) in [5.74, 6) is 1.06. The van der Waals surface area contributed by atoms with Crippen LogP contribution in [0.3, 0.4) is 0 Å². The summed E-state index contributed by atoms with van der Waals surface area (Å²) in [7, 11) is 0. The van der Waals surface area contributed by atoms with Crippen molar-refractivity contribution < 1.29 is 4.79 Å². The number of imidazole rings is 1. The first-order valence-electron chi connectivity index (χ1n) is 6.38. The van der Waals surface area contributed by atoms with Crippen LogP contribution in [0.25, 0.3) is 0 Å². The topological polar surface area (TPSA) is 77.6 Å². The second-order valence-electron chi connectivity index (χ2n) is 4.79. The monoisotopic (exact) mass is 260 g/mol. The van der Waals surface area contributed by atoms with E-state index in [9.17, 15) is 4.79 Å². The molecule has 100 valence electrons. The van der Waals surface area contributed by atoms with Crippen molar-refractivity contribution in [3.63, 3.8) is 0 Å². The van der Waals surface area contributed by atoms with E-state index in [1.165, 1.54) is 6.33 Å². The Morgan fingerprint density at radius 3 is 3.26 bits per heavy atom. The molecule has 3 rings (SSSR count). The van der Waals surface area contributed by atoms with Crippen LogP contribution in [0.15, 0.2) is 25.0 Å². The van der Waals surface area contributed by atoms with Crippen molar-refractivity contribution in [2.45, 2.75) is 38.4 Å². The smallest absolute Gasteiger partial charge is 0.244 e. The molecule has 1 N–H and O–H groups in total. The van der Waals surface area contributed by atoms with Gasteiger partial charge < -0.3 is 9.88 Å². The lowest BCUT2D eigenvalue weighted by atomic mass is 10.1. The molecule has 0 unspecified atom stereocenters. The average molecular weight is 260 g/mol. The van der Waals surface area contributed by atoms with Crippen LogP contribution >= 0.6 is 0 Å². The highest BCUT2D eigenvalue weighted by molar-refractivity contribution is 5.80. The molecule has 2 aromatic heterocycles. The van der Waals surface area contributed by atoms with Crippen molar-refractivity contribution in [1.82, 2.24) is 29.6 Å². The fourth-order valence-electron chi connectivity index (χ4n) is 2.34. The Morgan fingerprint density at radius 1 is 1.58 bits per heavy atom. The summed E-state index contributed by atoms with van der Waals surface area (Å²) in [6.45, 7) is 2.60. The second kappa shape index (κ2) is 4.83. The van der Waals surface area contributed by atoms with E-state index >= 15 is 0 Å². The first-order chi connectivity index (χ1) is 9.24. The summed E-state index contributed by atoms with van der Waals surface area (Å²) in [5, 5.41) is 7.05. The molecule has 1 aliphatic heterocycles. The van der Waals surface area contributed by atoms with E-state index in [1.54, 1.807) is 17.2 Å². The van der Waals surface area contributed by atoms with Crippen molar-refractivity contribution in [2.24, 2.45) is 0 Å². The minimum Gasteiger partial charge on any atom is -0.350 e. The van der Waals surface area contributed by atoms with Gasteiger partial charge in [-0.05, 0) is 13.3 Å². The van der Waals surface area contributed by atoms with Gasteiger partial charge in [-0.2, -0.15) is 5.10 Å². The number of hydrogen-bond donors (Lipinski definition) is 1. The van der Waals surface area contributed by atoms with Crippen LogP contribution in [0.5, 0.6) is 0 Å². The van der Waals surface area contributed by atoms with E-state index in [1.807, 2.05) is 13.1 Å².